The number of carbonyl (C=O) groups is 2. The van der Waals surface area contributed by atoms with Crippen molar-refractivity contribution in [2.24, 2.45) is 5.92 Å². The molecule has 7 heteroatoms. The third-order valence-electron chi connectivity index (χ3n) is 3.32. The second-order valence-corrected chi connectivity index (χ2v) is 5.78. The zero-order valence-corrected chi connectivity index (χ0v) is 13.0. The predicted octanol–water partition coefficient (Wildman–Crippen LogP) is 2.64. The molecule has 0 bridgehead atoms. The van der Waals surface area contributed by atoms with Gasteiger partial charge in [0.2, 0.25) is 0 Å². The van der Waals surface area contributed by atoms with E-state index in [0.29, 0.717) is 10.9 Å². The number of nitrogens with zero attached hydrogens (tertiary/aromatic N) is 1. The molecule has 0 spiro atoms. The van der Waals surface area contributed by atoms with E-state index in [4.69, 9.17) is 5.11 Å². The molecule has 2 amide bonds. The fourth-order valence-electron chi connectivity index (χ4n) is 1.59. The van der Waals surface area contributed by atoms with Crippen LogP contribution in [-0.4, -0.2) is 28.1 Å². The molecule has 3 atom stereocenters. The molecule has 0 aliphatic carbocycles. The third-order valence-corrected chi connectivity index (χ3v) is 4.34. The van der Waals surface area contributed by atoms with Crippen LogP contribution >= 0.6 is 11.3 Å². The van der Waals surface area contributed by atoms with Gasteiger partial charge in [-0.15, -0.1) is 11.3 Å². The van der Waals surface area contributed by atoms with Gasteiger partial charge in [-0.3, -0.25) is 0 Å². The minimum absolute atomic E-state index is 0.00651. The zero-order valence-electron chi connectivity index (χ0n) is 12.1. The quantitative estimate of drug-likeness (QED) is 0.753. The van der Waals surface area contributed by atoms with E-state index in [1.165, 1.54) is 16.7 Å². The Labute approximate surface area is 122 Å². The van der Waals surface area contributed by atoms with Crippen LogP contribution in [0, 0.1) is 5.92 Å². The van der Waals surface area contributed by atoms with Crippen LogP contribution in [0.15, 0.2) is 5.38 Å². The minimum atomic E-state index is -1.06. The molecule has 0 saturated carbocycles. The van der Waals surface area contributed by atoms with E-state index < -0.39 is 5.97 Å². The highest BCUT2D eigenvalue weighted by Crippen LogP contribution is 2.18. The standard InChI is InChI=1S/C13H21N3O3S/c1-5-7(2)8(3)14-13(19)15-9(4)11-16-10(6-20-11)12(17)18/h6-9H,5H2,1-4H3,(H,17,18)(H2,14,15,19). The van der Waals surface area contributed by atoms with Crippen molar-refractivity contribution in [1.29, 1.82) is 0 Å². The number of thiazole rings is 1. The maximum Gasteiger partial charge on any atom is 0.355 e. The lowest BCUT2D eigenvalue weighted by Crippen LogP contribution is -2.44. The summed E-state index contributed by atoms with van der Waals surface area (Å²) in [6.45, 7) is 7.89. The van der Waals surface area contributed by atoms with Crippen LogP contribution in [0.25, 0.3) is 0 Å². The van der Waals surface area contributed by atoms with Gasteiger partial charge in [-0.25, -0.2) is 14.6 Å². The fraction of sp³-hybridized carbons (Fsp3) is 0.615. The van der Waals surface area contributed by atoms with E-state index in [2.05, 4.69) is 29.5 Å². The van der Waals surface area contributed by atoms with E-state index in [9.17, 15) is 9.59 Å². The van der Waals surface area contributed by atoms with E-state index >= 15 is 0 Å². The smallest absolute Gasteiger partial charge is 0.355 e. The molecule has 0 saturated heterocycles. The molecule has 1 heterocycles. The predicted molar refractivity (Wildman–Crippen MR) is 78.1 cm³/mol. The highest BCUT2D eigenvalue weighted by molar-refractivity contribution is 7.09. The molecule has 3 N–H and O–H groups in total. The molecule has 1 aromatic rings. The lowest BCUT2D eigenvalue weighted by atomic mass is 10.0. The lowest BCUT2D eigenvalue weighted by molar-refractivity contribution is 0.0691. The van der Waals surface area contributed by atoms with Crippen LogP contribution in [0.5, 0.6) is 0 Å². The molecular weight excluding hydrogens is 278 g/mol. The molecule has 3 unspecified atom stereocenters. The van der Waals surface area contributed by atoms with Crippen molar-refractivity contribution in [3.05, 3.63) is 16.1 Å². The average Bonchev–Trinajstić information content (AvgIpc) is 2.87. The topological polar surface area (TPSA) is 91.3 Å². The molecule has 0 aliphatic rings. The molecular formula is C13H21N3O3S. The highest BCUT2D eigenvalue weighted by atomic mass is 32.1. The first-order valence-electron chi connectivity index (χ1n) is 6.60. The van der Waals surface area contributed by atoms with Crippen LogP contribution in [-0.2, 0) is 0 Å². The monoisotopic (exact) mass is 299 g/mol. The number of urea groups is 1. The average molecular weight is 299 g/mol. The first-order chi connectivity index (χ1) is 9.35. The minimum Gasteiger partial charge on any atom is -0.476 e. The van der Waals surface area contributed by atoms with E-state index in [1.54, 1.807) is 6.92 Å². The van der Waals surface area contributed by atoms with Gasteiger partial charge in [0.25, 0.3) is 0 Å². The molecule has 0 aromatic carbocycles. The summed E-state index contributed by atoms with van der Waals surface area (Å²) in [5.41, 5.74) is 0.00651. The molecule has 20 heavy (non-hydrogen) atoms. The zero-order chi connectivity index (χ0) is 15.3. The largest absolute Gasteiger partial charge is 0.476 e. The van der Waals surface area contributed by atoms with Gasteiger partial charge in [0.05, 0.1) is 6.04 Å². The number of carbonyl (C=O) groups excluding carboxylic acids is 1. The summed E-state index contributed by atoms with van der Waals surface area (Å²) >= 11 is 1.22. The van der Waals surface area contributed by atoms with E-state index in [-0.39, 0.29) is 23.8 Å². The molecule has 0 aliphatic heterocycles. The fourth-order valence-corrected chi connectivity index (χ4v) is 2.39. The number of aromatic carboxylic acids is 1. The van der Waals surface area contributed by atoms with Crippen molar-refractivity contribution in [3.63, 3.8) is 0 Å². The molecule has 6 nitrogen and oxygen atoms in total. The number of hydrogen-bond acceptors (Lipinski definition) is 4. The maximum absolute atomic E-state index is 11.8. The Morgan fingerprint density at radius 1 is 1.35 bits per heavy atom. The molecule has 1 rings (SSSR count). The van der Waals surface area contributed by atoms with Crippen LogP contribution in [0.2, 0.25) is 0 Å². The summed E-state index contributed by atoms with van der Waals surface area (Å²) < 4.78 is 0. The molecule has 1 aromatic heterocycles. The van der Waals surface area contributed by atoms with Crippen LogP contribution in [0.1, 0.15) is 55.7 Å². The number of amides is 2. The van der Waals surface area contributed by atoms with Gasteiger partial charge in [0.1, 0.15) is 5.01 Å². The SMILES string of the molecule is CCC(C)C(C)NC(=O)NC(C)c1nc(C(=O)O)cs1. The maximum atomic E-state index is 11.8. The van der Waals surface area contributed by atoms with Crippen molar-refractivity contribution in [2.45, 2.75) is 46.2 Å². The number of nitrogens with one attached hydrogen (secondary N) is 2. The molecule has 0 fully saturated rings. The Morgan fingerprint density at radius 2 is 2.00 bits per heavy atom. The Balaban J connectivity index is 2.54. The summed E-state index contributed by atoms with van der Waals surface area (Å²) in [5, 5.41) is 16.5. The highest BCUT2D eigenvalue weighted by Gasteiger charge is 2.18. The third kappa shape index (κ3) is 4.48. The lowest BCUT2D eigenvalue weighted by Gasteiger charge is -2.21. The van der Waals surface area contributed by atoms with Crippen molar-refractivity contribution < 1.29 is 14.7 Å². The Bertz CT molecular complexity index is 475. The summed E-state index contributed by atoms with van der Waals surface area (Å²) in [5.74, 6) is -0.663. The summed E-state index contributed by atoms with van der Waals surface area (Å²) in [7, 11) is 0. The molecule has 112 valence electrons. The second-order valence-electron chi connectivity index (χ2n) is 4.89. The first-order valence-corrected chi connectivity index (χ1v) is 7.48. The van der Waals surface area contributed by atoms with Crippen molar-refractivity contribution >= 4 is 23.3 Å². The van der Waals surface area contributed by atoms with Gasteiger partial charge in [-0.2, -0.15) is 0 Å². The van der Waals surface area contributed by atoms with Gasteiger partial charge >= 0.3 is 12.0 Å². The number of hydrogen-bond donors (Lipinski definition) is 3. The van der Waals surface area contributed by atoms with Crippen LogP contribution in [0.4, 0.5) is 4.79 Å². The molecule has 0 radical (unpaired) electrons. The van der Waals surface area contributed by atoms with Crippen LogP contribution in [0.3, 0.4) is 0 Å². The number of carboxylic acid groups (broad SMARTS) is 1. The normalized spacial score (nSPS) is 15.2. The van der Waals surface area contributed by atoms with Crippen LogP contribution < -0.4 is 10.6 Å². The van der Waals surface area contributed by atoms with Crippen molar-refractivity contribution in [1.82, 2.24) is 15.6 Å². The summed E-state index contributed by atoms with van der Waals surface area (Å²) in [6, 6.07) is -0.507. The van der Waals surface area contributed by atoms with Gasteiger partial charge in [-0.1, -0.05) is 20.3 Å². The van der Waals surface area contributed by atoms with E-state index in [0.717, 1.165) is 6.42 Å². The van der Waals surface area contributed by atoms with E-state index in [1.807, 2.05) is 6.92 Å². The van der Waals surface area contributed by atoms with Crippen molar-refractivity contribution in [2.75, 3.05) is 0 Å². The summed E-state index contributed by atoms with van der Waals surface area (Å²) in [6.07, 6.45) is 0.992. The Kier molecular flexibility index (Phi) is 5.94. The Morgan fingerprint density at radius 3 is 2.50 bits per heavy atom. The number of aromatic nitrogens is 1. The number of carboxylic acids is 1. The second kappa shape index (κ2) is 7.23. The first kappa shape index (κ1) is 16.4. The van der Waals surface area contributed by atoms with Crippen molar-refractivity contribution in [3.8, 4) is 0 Å². The number of rotatable bonds is 6. The van der Waals surface area contributed by atoms with Gasteiger partial charge < -0.3 is 15.7 Å². The summed E-state index contributed by atoms with van der Waals surface area (Å²) in [4.78, 5) is 26.6. The van der Waals surface area contributed by atoms with Gasteiger partial charge in [-0.05, 0) is 19.8 Å². The van der Waals surface area contributed by atoms with Gasteiger partial charge in [0.15, 0.2) is 5.69 Å². The Hall–Kier alpha value is -1.63. The van der Waals surface area contributed by atoms with Gasteiger partial charge in [0, 0.05) is 11.4 Å².